The Bertz CT molecular complexity index is 1470. The van der Waals surface area contributed by atoms with Crippen LogP contribution in [-0.2, 0) is 0 Å². The molecule has 0 atom stereocenters. The van der Waals surface area contributed by atoms with Crippen LogP contribution in [0.3, 0.4) is 0 Å². The summed E-state index contributed by atoms with van der Waals surface area (Å²) in [7, 11) is 0. The maximum absolute atomic E-state index is 5.83. The zero-order chi connectivity index (χ0) is 26.6. The lowest BCUT2D eigenvalue weighted by atomic mass is 9.96. The first-order valence-electron chi connectivity index (χ1n) is 13.8. The third-order valence-corrected chi connectivity index (χ3v) is 7.28. The number of hydrogen-bond acceptors (Lipinski definition) is 5. The maximum atomic E-state index is 5.83. The van der Waals surface area contributed by atoms with Crippen molar-refractivity contribution in [3.63, 3.8) is 0 Å². The summed E-state index contributed by atoms with van der Waals surface area (Å²) in [5.74, 6) is 2.61. The molecule has 196 valence electrons. The van der Waals surface area contributed by atoms with E-state index in [0.29, 0.717) is 0 Å². The first kappa shape index (κ1) is 25.1. The lowest BCUT2D eigenvalue weighted by Gasteiger charge is -2.40. The lowest BCUT2D eigenvalue weighted by Crippen LogP contribution is -2.48. The van der Waals surface area contributed by atoms with Gasteiger partial charge in [0, 0.05) is 37.1 Å². The fourth-order valence-electron chi connectivity index (χ4n) is 5.46. The molecule has 0 radical (unpaired) electrons. The molecule has 0 saturated carbocycles. The summed E-state index contributed by atoms with van der Waals surface area (Å²) >= 11 is 0. The van der Waals surface area contributed by atoms with Gasteiger partial charge in [-0.15, -0.1) is 0 Å². The first-order chi connectivity index (χ1) is 19.2. The number of hydrogen-bond donors (Lipinski definition) is 0. The summed E-state index contributed by atoms with van der Waals surface area (Å²) in [5, 5.41) is 1.09. The number of aromatic nitrogens is 2. The van der Waals surface area contributed by atoms with Crippen LogP contribution < -0.4 is 9.64 Å². The minimum atomic E-state index is 0.140. The van der Waals surface area contributed by atoms with Crippen molar-refractivity contribution in [3.05, 3.63) is 120 Å². The Morgan fingerprint density at radius 1 is 0.641 bits per heavy atom. The zero-order valence-electron chi connectivity index (χ0n) is 22.6. The molecule has 0 amide bonds. The Kier molecular flexibility index (Phi) is 7.24. The van der Waals surface area contributed by atoms with Crippen LogP contribution in [0.15, 0.2) is 109 Å². The van der Waals surface area contributed by atoms with Crippen LogP contribution in [-0.4, -0.2) is 47.2 Å². The minimum absolute atomic E-state index is 0.140. The van der Waals surface area contributed by atoms with Crippen molar-refractivity contribution in [2.45, 2.75) is 26.0 Å². The van der Waals surface area contributed by atoms with Crippen LogP contribution in [0.5, 0.6) is 5.75 Å². The fraction of sp³-hybridized carbons (Fsp3) is 0.235. The largest absolute Gasteiger partial charge is 0.491 e. The summed E-state index contributed by atoms with van der Waals surface area (Å²) in [6.07, 6.45) is 0.140. The van der Waals surface area contributed by atoms with Crippen molar-refractivity contribution < 1.29 is 4.74 Å². The lowest BCUT2D eigenvalue weighted by molar-refractivity contribution is 0.212. The number of fused-ring (bicyclic) bond motifs is 1. The Morgan fingerprint density at radius 3 is 1.85 bits per heavy atom. The highest BCUT2D eigenvalue weighted by Crippen LogP contribution is 2.33. The summed E-state index contributed by atoms with van der Waals surface area (Å²) < 4.78 is 5.83. The van der Waals surface area contributed by atoms with Crippen molar-refractivity contribution in [1.29, 1.82) is 0 Å². The van der Waals surface area contributed by atoms with E-state index in [1.54, 1.807) is 0 Å². The Labute approximate surface area is 230 Å². The third-order valence-electron chi connectivity index (χ3n) is 7.28. The van der Waals surface area contributed by atoms with Crippen LogP contribution in [0.25, 0.3) is 22.3 Å². The van der Waals surface area contributed by atoms with Crippen molar-refractivity contribution in [2.75, 3.05) is 31.1 Å². The molecule has 0 bridgehead atoms. The van der Waals surface area contributed by atoms with E-state index < -0.39 is 0 Å². The average molecular weight is 515 g/mol. The molecule has 0 spiro atoms. The van der Waals surface area contributed by atoms with Gasteiger partial charge in [-0.05, 0) is 61.4 Å². The normalized spacial score (nSPS) is 14.3. The number of nitrogens with zero attached hydrogens (tertiary/aromatic N) is 4. The molecular weight excluding hydrogens is 480 g/mol. The van der Waals surface area contributed by atoms with Crippen LogP contribution in [0.2, 0.25) is 0 Å². The highest BCUT2D eigenvalue weighted by atomic mass is 16.5. The number of anilines is 1. The molecule has 1 aliphatic rings. The number of rotatable bonds is 7. The van der Waals surface area contributed by atoms with Crippen LogP contribution in [0.4, 0.5) is 5.82 Å². The third kappa shape index (κ3) is 5.50. The smallest absolute Gasteiger partial charge is 0.162 e. The number of ether oxygens (including phenoxy) is 1. The highest BCUT2D eigenvalue weighted by molar-refractivity contribution is 5.91. The van der Waals surface area contributed by atoms with Crippen molar-refractivity contribution in [1.82, 2.24) is 14.9 Å². The molecule has 0 aliphatic carbocycles. The van der Waals surface area contributed by atoms with Gasteiger partial charge in [0.2, 0.25) is 0 Å². The second-order valence-electron chi connectivity index (χ2n) is 10.3. The number of benzene rings is 4. The standard InChI is InChI=1S/C34H34N4O/c1-25(2)39-29-19-17-28(18-20-29)33-35-31-16-10-9-15-30(31)34(36-33)38-23-21-37(22-24-38)32(26-11-5-3-6-12-26)27-13-7-4-8-14-27/h3-20,25,32H,21-24H2,1-2H3. The van der Waals surface area contributed by atoms with Crippen molar-refractivity contribution >= 4 is 16.7 Å². The summed E-state index contributed by atoms with van der Waals surface area (Å²) in [5.41, 5.74) is 4.62. The first-order valence-corrected chi connectivity index (χ1v) is 13.8. The molecule has 1 aromatic heterocycles. The van der Waals surface area contributed by atoms with Gasteiger partial charge in [-0.2, -0.15) is 0 Å². The zero-order valence-corrected chi connectivity index (χ0v) is 22.6. The predicted molar refractivity (Wildman–Crippen MR) is 159 cm³/mol. The average Bonchev–Trinajstić information content (AvgIpc) is 2.98. The predicted octanol–water partition coefficient (Wildman–Crippen LogP) is 7.00. The minimum Gasteiger partial charge on any atom is -0.491 e. The number of para-hydroxylation sites is 1. The van der Waals surface area contributed by atoms with E-state index in [2.05, 4.69) is 88.7 Å². The fourth-order valence-corrected chi connectivity index (χ4v) is 5.46. The SMILES string of the molecule is CC(C)Oc1ccc(-c2nc(N3CCN(C(c4ccccc4)c4ccccc4)CC3)c3ccccc3n2)cc1. The summed E-state index contributed by atoms with van der Waals surface area (Å²) in [4.78, 5) is 15.1. The van der Waals surface area contributed by atoms with E-state index in [0.717, 1.165) is 60.0 Å². The molecule has 4 aromatic carbocycles. The topological polar surface area (TPSA) is 41.5 Å². The monoisotopic (exact) mass is 514 g/mol. The van der Waals surface area contributed by atoms with Gasteiger partial charge in [-0.1, -0.05) is 72.8 Å². The summed E-state index contributed by atoms with van der Waals surface area (Å²) in [6.45, 7) is 7.77. The molecule has 6 rings (SSSR count). The molecule has 1 saturated heterocycles. The number of piperazine rings is 1. The molecular formula is C34H34N4O. The van der Waals surface area contributed by atoms with Gasteiger partial charge >= 0.3 is 0 Å². The van der Waals surface area contributed by atoms with Gasteiger partial charge < -0.3 is 9.64 Å². The molecule has 5 heteroatoms. The van der Waals surface area contributed by atoms with E-state index in [-0.39, 0.29) is 12.1 Å². The maximum Gasteiger partial charge on any atom is 0.162 e. The van der Waals surface area contributed by atoms with E-state index in [1.165, 1.54) is 11.1 Å². The summed E-state index contributed by atoms with van der Waals surface area (Å²) in [6, 6.07) is 38.4. The molecule has 1 fully saturated rings. The van der Waals surface area contributed by atoms with Gasteiger partial charge in [0.25, 0.3) is 0 Å². The van der Waals surface area contributed by atoms with Gasteiger partial charge in [0.15, 0.2) is 5.82 Å². The van der Waals surface area contributed by atoms with Crippen molar-refractivity contribution in [2.24, 2.45) is 0 Å². The van der Waals surface area contributed by atoms with E-state index >= 15 is 0 Å². The van der Waals surface area contributed by atoms with Crippen molar-refractivity contribution in [3.8, 4) is 17.1 Å². The molecule has 5 aromatic rings. The quantitative estimate of drug-likeness (QED) is 0.234. The van der Waals surface area contributed by atoms with E-state index in [1.807, 2.05) is 44.2 Å². The molecule has 0 unspecified atom stereocenters. The Hall–Kier alpha value is -4.22. The second kappa shape index (κ2) is 11.3. The second-order valence-corrected chi connectivity index (χ2v) is 10.3. The Morgan fingerprint density at radius 2 is 1.23 bits per heavy atom. The molecule has 1 aliphatic heterocycles. The molecule has 0 N–H and O–H groups in total. The molecule has 5 nitrogen and oxygen atoms in total. The highest BCUT2D eigenvalue weighted by Gasteiger charge is 2.28. The van der Waals surface area contributed by atoms with E-state index in [4.69, 9.17) is 14.7 Å². The van der Waals surface area contributed by atoms with Crippen LogP contribution in [0.1, 0.15) is 31.0 Å². The van der Waals surface area contributed by atoms with Gasteiger partial charge in [-0.25, -0.2) is 9.97 Å². The van der Waals surface area contributed by atoms with Crippen LogP contribution >= 0.6 is 0 Å². The van der Waals surface area contributed by atoms with Gasteiger partial charge in [-0.3, -0.25) is 4.90 Å². The van der Waals surface area contributed by atoms with E-state index in [9.17, 15) is 0 Å². The van der Waals surface area contributed by atoms with Gasteiger partial charge in [0.05, 0.1) is 17.7 Å². The van der Waals surface area contributed by atoms with Crippen LogP contribution in [0, 0.1) is 0 Å². The Balaban J connectivity index is 1.28. The molecule has 39 heavy (non-hydrogen) atoms. The van der Waals surface area contributed by atoms with Gasteiger partial charge in [0.1, 0.15) is 11.6 Å². The molecule has 2 heterocycles.